The lowest BCUT2D eigenvalue weighted by Crippen LogP contribution is -2.59. The lowest BCUT2D eigenvalue weighted by atomic mass is 9.52. The fourth-order valence-electron chi connectivity index (χ4n) is 5.30. The largest absolute Gasteiger partial charge is 0.497 e. The fourth-order valence-corrected chi connectivity index (χ4v) is 5.30. The third-order valence-electron chi connectivity index (χ3n) is 6.32. The van der Waals surface area contributed by atoms with Crippen LogP contribution in [0.25, 0.3) is 0 Å². The van der Waals surface area contributed by atoms with Crippen LogP contribution in [0.4, 0.5) is 0 Å². The van der Waals surface area contributed by atoms with Gasteiger partial charge in [0, 0.05) is 11.5 Å². The molecule has 1 aromatic carbocycles. The van der Waals surface area contributed by atoms with Crippen molar-refractivity contribution in [1.29, 1.82) is 0 Å². The van der Waals surface area contributed by atoms with E-state index in [1.165, 1.54) is 45.1 Å². The first-order valence-corrected chi connectivity index (χ1v) is 10.2. The van der Waals surface area contributed by atoms with Crippen molar-refractivity contribution < 1.29 is 22.3 Å². The normalized spacial score (nSPS) is 31.2. The summed E-state index contributed by atoms with van der Waals surface area (Å²) in [5, 5.41) is 0. The number of piperidine rings is 1. The van der Waals surface area contributed by atoms with Crippen molar-refractivity contribution in [3.05, 3.63) is 29.3 Å². The van der Waals surface area contributed by atoms with Crippen LogP contribution in [0.1, 0.15) is 43.2 Å². The monoisotopic (exact) mass is 369 g/mol. The number of fused-ring (bicyclic) bond motifs is 1. The number of nitrogens with zero attached hydrogens (tertiary/aromatic N) is 1. The van der Waals surface area contributed by atoms with E-state index in [1.54, 1.807) is 18.2 Å². The molecule has 1 saturated heterocycles. The summed E-state index contributed by atoms with van der Waals surface area (Å²) < 4.78 is 37.1. The second kappa shape index (κ2) is 6.87. The van der Waals surface area contributed by atoms with E-state index in [0.717, 1.165) is 17.7 Å². The highest BCUT2D eigenvalue weighted by molar-refractivity contribution is 7.79. The third kappa shape index (κ3) is 3.69. The summed E-state index contributed by atoms with van der Waals surface area (Å²) in [6.07, 6.45) is 8.22. The first-order valence-electron chi connectivity index (χ1n) is 8.82. The lowest BCUT2D eigenvalue weighted by Gasteiger charge is -2.58. The van der Waals surface area contributed by atoms with E-state index >= 15 is 0 Å². The van der Waals surface area contributed by atoms with Gasteiger partial charge in [-0.1, -0.05) is 18.9 Å². The minimum absolute atomic E-state index is 0.456. The Morgan fingerprint density at radius 1 is 1.24 bits per heavy atom. The van der Waals surface area contributed by atoms with Crippen molar-refractivity contribution in [1.82, 2.24) is 4.90 Å². The number of likely N-dealkylation sites (N-methyl/N-ethyl adjacent to an activating group) is 1. The van der Waals surface area contributed by atoms with Gasteiger partial charge in [0.15, 0.2) is 0 Å². The highest BCUT2D eigenvalue weighted by atomic mass is 32.3. The molecule has 3 atom stereocenters. The molecule has 0 spiro atoms. The van der Waals surface area contributed by atoms with Gasteiger partial charge in [0.25, 0.3) is 0 Å². The molecule has 2 N–H and O–H groups in total. The number of methoxy groups -OCH3 is 1. The smallest absolute Gasteiger partial charge is 0.394 e. The van der Waals surface area contributed by atoms with Crippen molar-refractivity contribution >= 4 is 10.4 Å². The van der Waals surface area contributed by atoms with E-state index in [2.05, 4.69) is 30.1 Å². The number of likely N-dealkylation sites (tertiary alicyclic amines) is 1. The van der Waals surface area contributed by atoms with E-state index < -0.39 is 10.4 Å². The highest BCUT2D eigenvalue weighted by Gasteiger charge is 2.53. The zero-order chi connectivity index (χ0) is 18.2. The summed E-state index contributed by atoms with van der Waals surface area (Å²) in [7, 11) is -0.546. The average molecular weight is 369 g/mol. The first kappa shape index (κ1) is 18.6. The molecule has 0 amide bonds. The van der Waals surface area contributed by atoms with Crippen LogP contribution in [0.3, 0.4) is 0 Å². The highest BCUT2D eigenvalue weighted by Crippen LogP contribution is 2.55. The molecule has 1 aliphatic heterocycles. The zero-order valence-corrected chi connectivity index (χ0v) is 15.6. The lowest BCUT2D eigenvalue weighted by molar-refractivity contribution is 0.00274. The average Bonchev–Trinajstić information content (AvgIpc) is 2.56. The van der Waals surface area contributed by atoms with Gasteiger partial charge in [-0.25, -0.2) is 0 Å². The van der Waals surface area contributed by atoms with Gasteiger partial charge in [0.2, 0.25) is 0 Å². The van der Waals surface area contributed by atoms with E-state index in [4.69, 9.17) is 22.3 Å². The molecule has 1 saturated carbocycles. The Labute approximate surface area is 149 Å². The minimum Gasteiger partial charge on any atom is -0.497 e. The van der Waals surface area contributed by atoms with Crippen LogP contribution >= 0.6 is 0 Å². The zero-order valence-electron chi connectivity index (χ0n) is 14.8. The SMILES string of the molecule is COc1ccc2c(c1)[C@]13CCCC[C@@H]1[C@H](C2)N(C)CC3.O=S(=O)(O)O. The van der Waals surface area contributed by atoms with Crippen LogP contribution in [0.2, 0.25) is 0 Å². The van der Waals surface area contributed by atoms with E-state index in [0.29, 0.717) is 5.41 Å². The molecule has 2 bridgehead atoms. The third-order valence-corrected chi connectivity index (χ3v) is 6.32. The Hall–Kier alpha value is -1.15. The summed E-state index contributed by atoms with van der Waals surface area (Å²) in [5.41, 5.74) is 3.67. The van der Waals surface area contributed by atoms with Crippen molar-refractivity contribution in [2.24, 2.45) is 5.92 Å². The number of rotatable bonds is 1. The summed E-state index contributed by atoms with van der Waals surface area (Å²) in [4.78, 5) is 2.63. The number of ether oxygens (including phenoxy) is 1. The summed E-state index contributed by atoms with van der Waals surface area (Å²) in [6.45, 7) is 1.26. The maximum absolute atomic E-state index is 8.74. The standard InChI is InChI=1S/C18H25NO.H2O4S/c1-19-10-9-18-8-4-3-5-15(18)17(19)11-13-6-7-14(20-2)12-16(13)18;1-5(2,3)4/h6-7,12,15,17H,3-5,8-11H2,1-2H3;(H2,1,2,3,4)/t15-,17+,18+;/m1./s1. The second-order valence-corrected chi connectivity index (χ2v) is 8.38. The number of hydrogen-bond acceptors (Lipinski definition) is 4. The molecule has 1 heterocycles. The molecular weight excluding hydrogens is 342 g/mol. The van der Waals surface area contributed by atoms with E-state index in [9.17, 15) is 0 Å². The van der Waals surface area contributed by atoms with Crippen LogP contribution in [0, 0.1) is 5.92 Å². The molecular formula is C18H27NO5S. The van der Waals surface area contributed by atoms with Crippen LogP contribution in [0.5, 0.6) is 5.75 Å². The van der Waals surface area contributed by atoms with Crippen molar-refractivity contribution in [3.8, 4) is 5.75 Å². The molecule has 2 fully saturated rings. The van der Waals surface area contributed by atoms with Crippen LogP contribution < -0.4 is 4.74 Å². The van der Waals surface area contributed by atoms with Gasteiger partial charge in [-0.2, -0.15) is 8.42 Å². The van der Waals surface area contributed by atoms with Gasteiger partial charge in [0.05, 0.1) is 7.11 Å². The van der Waals surface area contributed by atoms with Gasteiger partial charge < -0.3 is 9.64 Å². The molecule has 25 heavy (non-hydrogen) atoms. The van der Waals surface area contributed by atoms with Crippen molar-refractivity contribution in [2.45, 2.75) is 50.0 Å². The fraction of sp³-hybridized carbons (Fsp3) is 0.667. The Bertz CT molecular complexity index is 727. The summed E-state index contributed by atoms with van der Waals surface area (Å²) >= 11 is 0. The molecule has 1 aromatic rings. The van der Waals surface area contributed by atoms with Crippen LogP contribution in [-0.4, -0.2) is 49.2 Å². The molecule has 6 nitrogen and oxygen atoms in total. The van der Waals surface area contributed by atoms with Gasteiger partial charge in [0.1, 0.15) is 5.75 Å². The van der Waals surface area contributed by atoms with Crippen molar-refractivity contribution in [3.63, 3.8) is 0 Å². The van der Waals surface area contributed by atoms with Gasteiger partial charge >= 0.3 is 10.4 Å². The molecule has 140 valence electrons. The van der Waals surface area contributed by atoms with Gasteiger partial charge in [-0.05, 0) is 68.5 Å². The predicted molar refractivity (Wildman–Crippen MR) is 95.5 cm³/mol. The Balaban J connectivity index is 0.000000324. The van der Waals surface area contributed by atoms with Gasteiger partial charge in [-0.3, -0.25) is 9.11 Å². The minimum atomic E-state index is -4.67. The quantitative estimate of drug-likeness (QED) is 0.740. The molecule has 4 rings (SSSR count). The number of benzene rings is 1. The molecule has 3 aliphatic rings. The molecule has 7 heteroatoms. The maximum Gasteiger partial charge on any atom is 0.394 e. The van der Waals surface area contributed by atoms with E-state index in [-0.39, 0.29) is 0 Å². The maximum atomic E-state index is 8.74. The molecule has 2 aliphatic carbocycles. The predicted octanol–water partition coefficient (Wildman–Crippen LogP) is 2.73. The summed E-state index contributed by atoms with van der Waals surface area (Å²) in [6, 6.07) is 7.60. The Morgan fingerprint density at radius 3 is 2.64 bits per heavy atom. The molecule has 0 unspecified atom stereocenters. The second-order valence-electron chi connectivity index (χ2n) is 7.48. The van der Waals surface area contributed by atoms with E-state index in [1.807, 2.05) is 0 Å². The van der Waals surface area contributed by atoms with Crippen LogP contribution in [-0.2, 0) is 22.2 Å². The van der Waals surface area contributed by atoms with Crippen molar-refractivity contribution in [2.75, 3.05) is 20.7 Å². The number of hydrogen-bond donors (Lipinski definition) is 2. The Morgan fingerprint density at radius 2 is 1.96 bits per heavy atom. The molecule has 0 aromatic heterocycles. The topological polar surface area (TPSA) is 87.1 Å². The van der Waals surface area contributed by atoms with Gasteiger partial charge in [-0.15, -0.1) is 0 Å². The first-order chi connectivity index (χ1) is 11.7. The summed E-state index contributed by atoms with van der Waals surface area (Å²) in [5.74, 6) is 1.91. The Kier molecular flexibility index (Phi) is 5.12. The molecule has 0 radical (unpaired) electrons. The van der Waals surface area contributed by atoms with Crippen LogP contribution in [0.15, 0.2) is 18.2 Å².